The van der Waals surface area contributed by atoms with E-state index in [0.717, 1.165) is 66.6 Å². The van der Waals surface area contributed by atoms with Crippen LogP contribution < -0.4 is 10.1 Å². The number of hydrogen-bond acceptors (Lipinski definition) is 7. The lowest BCUT2D eigenvalue weighted by Gasteiger charge is -2.26. The SMILES string of the molecule is COc1ccc(Nc2ncnc3[nH]c(-c4ccc(CN5CCOCC5)cc4)cc23)cn1. The average molecular weight is 416 g/mol. The van der Waals surface area contributed by atoms with Crippen molar-refractivity contribution < 1.29 is 9.47 Å². The molecule has 1 fully saturated rings. The Morgan fingerprint density at radius 2 is 1.90 bits per heavy atom. The minimum Gasteiger partial charge on any atom is -0.481 e. The van der Waals surface area contributed by atoms with Crippen LogP contribution in [0.1, 0.15) is 5.56 Å². The van der Waals surface area contributed by atoms with Gasteiger partial charge >= 0.3 is 0 Å². The lowest BCUT2D eigenvalue weighted by atomic mass is 10.1. The molecule has 158 valence electrons. The molecule has 0 spiro atoms. The molecule has 31 heavy (non-hydrogen) atoms. The van der Waals surface area contributed by atoms with E-state index < -0.39 is 0 Å². The first-order valence-corrected chi connectivity index (χ1v) is 10.3. The van der Waals surface area contributed by atoms with Crippen LogP contribution in [0.15, 0.2) is 55.0 Å². The Labute approximate surface area is 180 Å². The number of methoxy groups -OCH3 is 1. The molecule has 0 radical (unpaired) electrons. The molecule has 1 aromatic carbocycles. The number of rotatable bonds is 6. The summed E-state index contributed by atoms with van der Waals surface area (Å²) in [5.41, 5.74) is 5.03. The summed E-state index contributed by atoms with van der Waals surface area (Å²) in [5, 5.41) is 4.23. The molecule has 0 saturated carbocycles. The number of ether oxygens (including phenoxy) is 2. The minimum absolute atomic E-state index is 0.569. The maximum atomic E-state index is 5.43. The van der Waals surface area contributed by atoms with Crippen molar-refractivity contribution >= 4 is 22.5 Å². The molecule has 0 atom stereocenters. The van der Waals surface area contributed by atoms with Crippen molar-refractivity contribution in [3.63, 3.8) is 0 Å². The van der Waals surface area contributed by atoms with E-state index in [-0.39, 0.29) is 0 Å². The number of hydrogen-bond donors (Lipinski definition) is 2. The molecular formula is C23H24N6O2. The summed E-state index contributed by atoms with van der Waals surface area (Å²) >= 11 is 0. The van der Waals surface area contributed by atoms with Crippen LogP contribution >= 0.6 is 0 Å². The van der Waals surface area contributed by atoms with Crippen LogP contribution in [0, 0.1) is 0 Å². The summed E-state index contributed by atoms with van der Waals surface area (Å²) in [4.78, 5) is 18.9. The number of anilines is 2. The number of H-pyrrole nitrogens is 1. The van der Waals surface area contributed by atoms with Crippen LogP contribution in [0.3, 0.4) is 0 Å². The predicted molar refractivity (Wildman–Crippen MR) is 119 cm³/mol. The first-order valence-electron chi connectivity index (χ1n) is 10.3. The Hall–Kier alpha value is -3.49. The fourth-order valence-corrected chi connectivity index (χ4v) is 3.71. The van der Waals surface area contributed by atoms with Gasteiger partial charge in [-0.1, -0.05) is 24.3 Å². The highest BCUT2D eigenvalue weighted by Crippen LogP contribution is 2.29. The molecule has 1 aliphatic heterocycles. The Bertz CT molecular complexity index is 1150. The van der Waals surface area contributed by atoms with Gasteiger partial charge in [0.25, 0.3) is 0 Å². The minimum atomic E-state index is 0.569. The van der Waals surface area contributed by atoms with Crippen molar-refractivity contribution in [3.8, 4) is 17.1 Å². The van der Waals surface area contributed by atoms with Gasteiger partial charge in [-0.3, -0.25) is 4.90 Å². The summed E-state index contributed by atoms with van der Waals surface area (Å²) in [5.74, 6) is 1.29. The van der Waals surface area contributed by atoms with E-state index in [4.69, 9.17) is 9.47 Å². The maximum Gasteiger partial charge on any atom is 0.213 e. The third-order valence-corrected chi connectivity index (χ3v) is 5.41. The van der Waals surface area contributed by atoms with Gasteiger partial charge in [-0.2, -0.15) is 0 Å². The predicted octanol–water partition coefficient (Wildman–Crippen LogP) is 3.60. The Morgan fingerprint density at radius 1 is 1.06 bits per heavy atom. The number of aromatic nitrogens is 4. The normalized spacial score (nSPS) is 14.6. The fraction of sp³-hybridized carbons (Fsp3) is 0.261. The Balaban J connectivity index is 1.36. The number of aromatic amines is 1. The monoisotopic (exact) mass is 416 g/mol. The molecule has 0 unspecified atom stereocenters. The molecule has 1 aliphatic rings. The highest BCUT2D eigenvalue weighted by Gasteiger charge is 2.12. The third kappa shape index (κ3) is 4.35. The zero-order chi connectivity index (χ0) is 21.0. The molecule has 2 N–H and O–H groups in total. The number of nitrogens with zero attached hydrogens (tertiary/aromatic N) is 4. The first-order chi connectivity index (χ1) is 15.3. The fourth-order valence-electron chi connectivity index (χ4n) is 3.71. The lowest BCUT2D eigenvalue weighted by Crippen LogP contribution is -2.35. The quantitative estimate of drug-likeness (QED) is 0.496. The van der Waals surface area contributed by atoms with Crippen molar-refractivity contribution in [1.82, 2.24) is 24.8 Å². The van der Waals surface area contributed by atoms with Gasteiger partial charge in [-0.25, -0.2) is 15.0 Å². The number of nitrogens with one attached hydrogen (secondary N) is 2. The highest BCUT2D eigenvalue weighted by molar-refractivity contribution is 5.92. The van der Waals surface area contributed by atoms with Crippen LogP contribution in [-0.4, -0.2) is 58.2 Å². The van der Waals surface area contributed by atoms with Crippen molar-refractivity contribution in [3.05, 3.63) is 60.6 Å². The van der Waals surface area contributed by atoms with Gasteiger partial charge in [0.15, 0.2) is 0 Å². The zero-order valence-corrected chi connectivity index (χ0v) is 17.3. The van der Waals surface area contributed by atoms with Gasteiger partial charge < -0.3 is 19.8 Å². The lowest BCUT2D eigenvalue weighted by molar-refractivity contribution is 0.0342. The van der Waals surface area contributed by atoms with Gasteiger partial charge in [0.2, 0.25) is 5.88 Å². The molecule has 0 bridgehead atoms. The summed E-state index contributed by atoms with van der Waals surface area (Å²) in [7, 11) is 1.60. The van der Waals surface area contributed by atoms with Crippen molar-refractivity contribution in [2.75, 3.05) is 38.7 Å². The van der Waals surface area contributed by atoms with Gasteiger partial charge in [-0.15, -0.1) is 0 Å². The van der Waals surface area contributed by atoms with Crippen LogP contribution in [0.5, 0.6) is 5.88 Å². The molecular weight excluding hydrogens is 392 g/mol. The number of pyridine rings is 1. The van der Waals surface area contributed by atoms with Crippen LogP contribution in [0.25, 0.3) is 22.3 Å². The van der Waals surface area contributed by atoms with Crippen LogP contribution in [0.4, 0.5) is 11.5 Å². The number of fused-ring (bicyclic) bond motifs is 1. The van der Waals surface area contributed by atoms with Gasteiger partial charge in [0, 0.05) is 31.4 Å². The maximum absolute atomic E-state index is 5.43. The molecule has 4 heterocycles. The summed E-state index contributed by atoms with van der Waals surface area (Å²) in [6, 6.07) is 14.4. The van der Waals surface area contributed by atoms with E-state index in [1.54, 1.807) is 19.6 Å². The molecule has 8 heteroatoms. The molecule has 4 aromatic rings. The molecule has 0 aliphatic carbocycles. The third-order valence-electron chi connectivity index (χ3n) is 5.41. The Kier molecular flexibility index (Phi) is 5.47. The van der Waals surface area contributed by atoms with Crippen molar-refractivity contribution in [1.29, 1.82) is 0 Å². The van der Waals surface area contributed by atoms with Gasteiger partial charge in [-0.05, 0) is 23.3 Å². The zero-order valence-electron chi connectivity index (χ0n) is 17.3. The standard InChI is InChI=1S/C23H24N6O2/c1-30-21-7-6-18(13-24-21)27-22-19-12-20(28-23(19)26-15-25-22)17-4-2-16(3-5-17)14-29-8-10-31-11-9-29/h2-7,12-13,15H,8-11,14H2,1H3,(H2,25,26,27,28). The van der Waals surface area contributed by atoms with E-state index in [9.17, 15) is 0 Å². The smallest absolute Gasteiger partial charge is 0.213 e. The second-order valence-corrected chi connectivity index (χ2v) is 7.47. The molecule has 0 amide bonds. The molecule has 1 saturated heterocycles. The van der Waals surface area contributed by atoms with Crippen LogP contribution in [-0.2, 0) is 11.3 Å². The van der Waals surface area contributed by atoms with Crippen molar-refractivity contribution in [2.24, 2.45) is 0 Å². The Morgan fingerprint density at radius 3 is 2.65 bits per heavy atom. The van der Waals surface area contributed by atoms with E-state index in [1.807, 2.05) is 12.1 Å². The van der Waals surface area contributed by atoms with Crippen LogP contribution in [0.2, 0.25) is 0 Å². The number of morpholine rings is 1. The molecule has 3 aromatic heterocycles. The largest absolute Gasteiger partial charge is 0.481 e. The average Bonchev–Trinajstić information content (AvgIpc) is 3.26. The first kappa shape index (κ1) is 19.5. The molecule has 8 nitrogen and oxygen atoms in total. The summed E-state index contributed by atoms with van der Waals surface area (Å²) < 4.78 is 10.5. The van der Waals surface area contributed by atoms with Gasteiger partial charge in [0.1, 0.15) is 17.8 Å². The van der Waals surface area contributed by atoms with E-state index in [0.29, 0.717) is 5.88 Å². The van der Waals surface area contributed by atoms with E-state index in [2.05, 4.69) is 60.5 Å². The summed E-state index contributed by atoms with van der Waals surface area (Å²) in [6.07, 6.45) is 3.26. The second-order valence-electron chi connectivity index (χ2n) is 7.47. The van der Waals surface area contributed by atoms with Crippen molar-refractivity contribution in [2.45, 2.75) is 6.54 Å². The highest BCUT2D eigenvalue weighted by atomic mass is 16.5. The van der Waals surface area contributed by atoms with Gasteiger partial charge in [0.05, 0.1) is 37.6 Å². The number of benzene rings is 1. The second kappa shape index (κ2) is 8.71. The van der Waals surface area contributed by atoms with E-state index >= 15 is 0 Å². The van der Waals surface area contributed by atoms with E-state index in [1.165, 1.54) is 5.56 Å². The summed E-state index contributed by atoms with van der Waals surface area (Å²) in [6.45, 7) is 4.56. The molecule has 5 rings (SSSR count). The topological polar surface area (TPSA) is 88.2 Å².